The zero-order valence-corrected chi connectivity index (χ0v) is 16.8. The van der Waals surface area contributed by atoms with E-state index in [-0.39, 0.29) is 5.75 Å². The van der Waals surface area contributed by atoms with Crippen molar-refractivity contribution in [2.24, 2.45) is 0 Å². The highest BCUT2D eigenvalue weighted by atomic mass is 32.2. The second-order valence-electron chi connectivity index (χ2n) is 7.11. The van der Waals surface area contributed by atoms with Crippen LogP contribution in [0.25, 0.3) is 0 Å². The lowest BCUT2D eigenvalue weighted by Crippen LogP contribution is -2.35. The molecule has 2 aromatic carbocycles. The Labute approximate surface area is 162 Å². The molecule has 1 fully saturated rings. The van der Waals surface area contributed by atoms with E-state index in [1.54, 1.807) is 7.11 Å². The zero-order valence-electron chi connectivity index (χ0n) is 16.0. The number of nitrogens with zero attached hydrogens (tertiary/aromatic N) is 1. The fourth-order valence-corrected chi connectivity index (χ4v) is 4.84. The molecule has 146 valence electrons. The van der Waals surface area contributed by atoms with Crippen molar-refractivity contribution in [3.63, 3.8) is 0 Å². The molecular weight excluding hydrogens is 360 g/mol. The van der Waals surface area contributed by atoms with Gasteiger partial charge in [0.2, 0.25) is 10.0 Å². The third kappa shape index (κ3) is 5.54. The molecule has 5 nitrogen and oxygen atoms in total. The van der Waals surface area contributed by atoms with Crippen LogP contribution in [0.15, 0.2) is 48.5 Å². The van der Waals surface area contributed by atoms with E-state index >= 15 is 0 Å². The normalized spacial score (nSPS) is 17.9. The minimum Gasteiger partial charge on any atom is -0.497 e. The Kier molecular flexibility index (Phi) is 6.52. The Morgan fingerprint density at radius 3 is 2.67 bits per heavy atom. The molecule has 6 heteroatoms. The molecule has 1 aliphatic heterocycles. The number of benzene rings is 2. The third-order valence-electron chi connectivity index (χ3n) is 5.02. The molecule has 0 saturated carbocycles. The van der Waals surface area contributed by atoms with Crippen LogP contribution in [0.2, 0.25) is 0 Å². The molecule has 1 unspecified atom stereocenters. The quantitative estimate of drug-likeness (QED) is 0.754. The lowest BCUT2D eigenvalue weighted by molar-refractivity contribution is 0.261. The first-order valence-electron chi connectivity index (χ1n) is 9.38. The third-order valence-corrected chi connectivity index (χ3v) is 6.38. The summed E-state index contributed by atoms with van der Waals surface area (Å²) >= 11 is 0. The summed E-state index contributed by atoms with van der Waals surface area (Å²) in [6.45, 7) is 4.11. The summed E-state index contributed by atoms with van der Waals surface area (Å²) in [6.07, 6.45) is 2.23. The van der Waals surface area contributed by atoms with E-state index in [9.17, 15) is 8.42 Å². The van der Waals surface area contributed by atoms with Crippen LogP contribution in [0.5, 0.6) is 5.75 Å². The molecule has 1 atom stereocenters. The maximum atomic E-state index is 12.4. The van der Waals surface area contributed by atoms with Crippen LogP contribution >= 0.6 is 0 Å². The van der Waals surface area contributed by atoms with Crippen LogP contribution in [0, 0.1) is 6.92 Å². The van der Waals surface area contributed by atoms with E-state index in [2.05, 4.69) is 21.8 Å². The second kappa shape index (κ2) is 8.87. The van der Waals surface area contributed by atoms with Gasteiger partial charge in [0.05, 0.1) is 12.9 Å². The van der Waals surface area contributed by atoms with Gasteiger partial charge in [0.1, 0.15) is 5.75 Å². The van der Waals surface area contributed by atoms with Crippen molar-refractivity contribution in [2.75, 3.05) is 26.7 Å². The van der Waals surface area contributed by atoms with Gasteiger partial charge < -0.3 is 4.74 Å². The predicted octanol–water partition coefficient (Wildman–Crippen LogP) is 3.26. The van der Waals surface area contributed by atoms with Gasteiger partial charge in [0, 0.05) is 19.1 Å². The number of sulfonamides is 1. The van der Waals surface area contributed by atoms with Gasteiger partial charge in [-0.05, 0) is 49.6 Å². The molecular formula is C21H28N2O3S. The van der Waals surface area contributed by atoms with E-state index < -0.39 is 10.0 Å². The highest BCUT2D eigenvalue weighted by Crippen LogP contribution is 2.32. The van der Waals surface area contributed by atoms with Crippen molar-refractivity contribution in [3.05, 3.63) is 65.2 Å². The Hall–Kier alpha value is -1.89. The van der Waals surface area contributed by atoms with E-state index in [4.69, 9.17) is 4.74 Å². The number of hydrogen-bond donors (Lipinski definition) is 1. The Balaban J connectivity index is 1.54. The largest absolute Gasteiger partial charge is 0.497 e. The number of nitrogens with one attached hydrogen (secondary N) is 1. The van der Waals surface area contributed by atoms with Gasteiger partial charge in [-0.3, -0.25) is 4.90 Å². The van der Waals surface area contributed by atoms with Gasteiger partial charge in [-0.1, -0.05) is 42.0 Å². The van der Waals surface area contributed by atoms with Crippen molar-refractivity contribution in [1.82, 2.24) is 9.62 Å². The molecule has 1 saturated heterocycles. The highest BCUT2D eigenvalue weighted by Gasteiger charge is 2.26. The molecule has 27 heavy (non-hydrogen) atoms. The molecule has 2 aromatic rings. The van der Waals surface area contributed by atoms with Gasteiger partial charge in [0.25, 0.3) is 0 Å². The minimum absolute atomic E-state index is 0.0244. The maximum Gasteiger partial charge on any atom is 0.215 e. The summed E-state index contributed by atoms with van der Waals surface area (Å²) in [5.74, 6) is 0.878. The standard InChI is InChI=1S/C21H28N2O3S/c1-17-5-3-6-18(15-17)16-27(24,25)22-12-14-23-13-4-7-21(23)19-8-10-20(26-2)11-9-19/h3,5-6,8-11,15,21-22H,4,7,12-14,16H2,1-2H3. The monoisotopic (exact) mass is 388 g/mol. The second-order valence-corrected chi connectivity index (χ2v) is 8.92. The Morgan fingerprint density at radius 1 is 1.19 bits per heavy atom. The van der Waals surface area contributed by atoms with Crippen LogP contribution in [-0.4, -0.2) is 40.1 Å². The molecule has 0 spiro atoms. The lowest BCUT2D eigenvalue weighted by Gasteiger charge is -2.25. The number of ether oxygens (including phenoxy) is 1. The highest BCUT2D eigenvalue weighted by molar-refractivity contribution is 7.88. The van der Waals surface area contributed by atoms with Crippen molar-refractivity contribution in [3.8, 4) is 5.75 Å². The molecule has 1 aliphatic rings. The molecule has 1 N–H and O–H groups in total. The first kappa shape index (κ1) is 19.9. The summed E-state index contributed by atoms with van der Waals surface area (Å²) in [5.41, 5.74) is 3.15. The van der Waals surface area contributed by atoms with Crippen LogP contribution < -0.4 is 9.46 Å². The average molecular weight is 389 g/mol. The van der Waals surface area contributed by atoms with Crippen LogP contribution in [0.1, 0.15) is 35.6 Å². The Morgan fingerprint density at radius 2 is 1.96 bits per heavy atom. The van der Waals surface area contributed by atoms with Crippen LogP contribution in [-0.2, 0) is 15.8 Å². The van der Waals surface area contributed by atoms with E-state index in [1.807, 2.05) is 43.3 Å². The average Bonchev–Trinajstić information content (AvgIpc) is 3.09. The van der Waals surface area contributed by atoms with Crippen LogP contribution in [0.3, 0.4) is 0 Å². The van der Waals surface area contributed by atoms with Crippen molar-refractivity contribution < 1.29 is 13.2 Å². The first-order chi connectivity index (χ1) is 13.0. The van der Waals surface area contributed by atoms with E-state index in [0.717, 1.165) is 36.3 Å². The lowest BCUT2D eigenvalue weighted by atomic mass is 10.0. The molecule has 0 bridgehead atoms. The van der Waals surface area contributed by atoms with Crippen molar-refractivity contribution in [1.29, 1.82) is 0 Å². The topological polar surface area (TPSA) is 58.6 Å². The summed E-state index contributed by atoms with van der Waals surface area (Å²) < 4.78 is 32.7. The summed E-state index contributed by atoms with van der Waals surface area (Å²) in [7, 11) is -1.66. The zero-order chi connectivity index (χ0) is 19.3. The molecule has 3 rings (SSSR count). The number of rotatable bonds is 8. The van der Waals surface area contributed by atoms with Crippen molar-refractivity contribution >= 4 is 10.0 Å². The molecule has 0 radical (unpaired) electrons. The number of likely N-dealkylation sites (tertiary alicyclic amines) is 1. The molecule has 0 aromatic heterocycles. The smallest absolute Gasteiger partial charge is 0.215 e. The van der Waals surface area contributed by atoms with Crippen LogP contribution in [0.4, 0.5) is 0 Å². The van der Waals surface area contributed by atoms with Gasteiger partial charge in [-0.25, -0.2) is 13.1 Å². The number of aryl methyl sites for hydroxylation is 1. The van der Waals surface area contributed by atoms with Crippen molar-refractivity contribution in [2.45, 2.75) is 31.6 Å². The summed E-state index contributed by atoms with van der Waals surface area (Å²) in [5, 5.41) is 0. The fraction of sp³-hybridized carbons (Fsp3) is 0.429. The SMILES string of the molecule is COc1ccc(C2CCCN2CCNS(=O)(=O)Cc2cccc(C)c2)cc1. The summed E-state index contributed by atoms with van der Waals surface area (Å²) in [4.78, 5) is 2.36. The molecule has 1 heterocycles. The van der Waals surface area contributed by atoms with Gasteiger partial charge in [-0.15, -0.1) is 0 Å². The van der Waals surface area contributed by atoms with E-state index in [0.29, 0.717) is 19.1 Å². The van der Waals surface area contributed by atoms with Gasteiger partial charge in [-0.2, -0.15) is 0 Å². The minimum atomic E-state index is -3.33. The molecule has 0 aliphatic carbocycles. The van der Waals surface area contributed by atoms with E-state index in [1.165, 1.54) is 5.56 Å². The predicted molar refractivity (Wildman–Crippen MR) is 108 cm³/mol. The Bertz CT molecular complexity index is 850. The fourth-order valence-electron chi connectivity index (χ4n) is 3.71. The summed E-state index contributed by atoms with van der Waals surface area (Å²) in [6, 6.07) is 16.1. The van der Waals surface area contributed by atoms with Gasteiger partial charge >= 0.3 is 0 Å². The maximum absolute atomic E-state index is 12.4. The molecule has 0 amide bonds. The number of hydrogen-bond acceptors (Lipinski definition) is 4. The first-order valence-corrected chi connectivity index (χ1v) is 11.0. The van der Waals surface area contributed by atoms with Gasteiger partial charge in [0.15, 0.2) is 0 Å². The number of methoxy groups -OCH3 is 1.